The Balaban J connectivity index is 1.69. The normalized spacial score (nSPS) is 32.6. The minimum atomic E-state index is 0.176. The van der Waals surface area contributed by atoms with Crippen LogP contribution in [-0.4, -0.2) is 34.2 Å². The molecule has 4 unspecified atom stereocenters. The van der Waals surface area contributed by atoms with Crippen LogP contribution < -0.4 is 5.32 Å². The third-order valence-corrected chi connectivity index (χ3v) is 6.07. The van der Waals surface area contributed by atoms with E-state index in [-0.39, 0.29) is 23.3 Å². The van der Waals surface area contributed by atoms with Gasteiger partial charge in [0.15, 0.2) is 0 Å². The van der Waals surface area contributed by atoms with Crippen LogP contribution in [0.5, 0.6) is 0 Å². The molecule has 0 aromatic heterocycles. The zero-order chi connectivity index (χ0) is 14.8. The number of aliphatic hydroxyl groups excluding tert-OH is 1. The van der Waals surface area contributed by atoms with Crippen LogP contribution in [-0.2, 0) is 4.79 Å². The summed E-state index contributed by atoms with van der Waals surface area (Å²) >= 11 is 1.92. The van der Waals surface area contributed by atoms with Crippen LogP contribution in [0, 0.1) is 17.8 Å². The molecule has 0 aromatic rings. The van der Waals surface area contributed by atoms with E-state index < -0.39 is 0 Å². The van der Waals surface area contributed by atoms with Crippen LogP contribution in [0.1, 0.15) is 52.9 Å². The summed E-state index contributed by atoms with van der Waals surface area (Å²) in [6.45, 7) is 6.85. The summed E-state index contributed by atoms with van der Waals surface area (Å²) in [5.74, 6) is 2.78. The van der Waals surface area contributed by atoms with Gasteiger partial charge >= 0.3 is 0 Å². The number of nitrogens with one attached hydrogen (secondary N) is 1. The summed E-state index contributed by atoms with van der Waals surface area (Å²) in [4.78, 5) is 12.1. The van der Waals surface area contributed by atoms with Crippen molar-refractivity contribution < 1.29 is 9.90 Å². The van der Waals surface area contributed by atoms with Gasteiger partial charge in [-0.2, -0.15) is 11.8 Å². The van der Waals surface area contributed by atoms with Gasteiger partial charge in [-0.25, -0.2) is 0 Å². The van der Waals surface area contributed by atoms with Crippen molar-refractivity contribution in [3.05, 3.63) is 0 Å². The molecule has 4 atom stereocenters. The Morgan fingerprint density at radius 2 is 2.00 bits per heavy atom. The molecule has 2 fully saturated rings. The molecule has 116 valence electrons. The average molecular weight is 299 g/mol. The largest absolute Gasteiger partial charge is 0.396 e. The maximum absolute atomic E-state index is 12.1. The summed E-state index contributed by atoms with van der Waals surface area (Å²) < 4.78 is 0.281. The lowest BCUT2D eigenvalue weighted by Gasteiger charge is -2.30. The van der Waals surface area contributed by atoms with Crippen LogP contribution in [0.2, 0.25) is 0 Å². The molecule has 2 aliphatic carbocycles. The highest BCUT2D eigenvalue weighted by molar-refractivity contribution is 8.00. The highest BCUT2D eigenvalue weighted by Crippen LogP contribution is 2.48. The summed E-state index contributed by atoms with van der Waals surface area (Å²) in [5, 5.41) is 12.7. The van der Waals surface area contributed by atoms with Crippen LogP contribution in [0.25, 0.3) is 0 Å². The average Bonchev–Trinajstić information content (AvgIpc) is 2.94. The molecule has 0 heterocycles. The van der Waals surface area contributed by atoms with E-state index in [1.807, 2.05) is 11.8 Å². The van der Waals surface area contributed by atoms with Crippen molar-refractivity contribution >= 4 is 17.7 Å². The molecular formula is C16H29NO2S. The second-order valence-electron chi connectivity index (χ2n) is 7.34. The Labute approximate surface area is 127 Å². The van der Waals surface area contributed by atoms with Crippen molar-refractivity contribution in [2.45, 2.75) is 63.7 Å². The molecule has 0 aliphatic heterocycles. The maximum atomic E-state index is 12.1. The zero-order valence-corrected chi connectivity index (χ0v) is 13.8. The van der Waals surface area contributed by atoms with Gasteiger partial charge in [-0.3, -0.25) is 4.79 Å². The lowest BCUT2D eigenvalue weighted by molar-refractivity contribution is -0.122. The van der Waals surface area contributed by atoms with Crippen molar-refractivity contribution in [2.24, 2.45) is 17.8 Å². The molecule has 2 aliphatic rings. The summed E-state index contributed by atoms with van der Waals surface area (Å²) in [7, 11) is 0. The second kappa shape index (κ2) is 6.69. The fraction of sp³-hybridized carbons (Fsp3) is 0.938. The monoisotopic (exact) mass is 299 g/mol. The topological polar surface area (TPSA) is 49.3 Å². The number of hydrogen-bond acceptors (Lipinski definition) is 3. The van der Waals surface area contributed by atoms with Gasteiger partial charge in [0.1, 0.15) is 0 Å². The van der Waals surface area contributed by atoms with Crippen molar-refractivity contribution in [3.8, 4) is 0 Å². The SMILES string of the molecule is CC(C)(C)SCCCC(=O)NC1C2CCC(C2)C1CO. The summed E-state index contributed by atoms with van der Waals surface area (Å²) in [6, 6.07) is 0.238. The van der Waals surface area contributed by atoms with Crippen molar-refractivity contribution in [2.75, 3.05) is 12.4 Å². The Bertz CT molecular complexity index is 340. The number of fused-ring (bicyclic) bond motifs is 2. The molecule has 0 spiro atoms. The quantitative estimate of drug-likeness (QED) is 0.742. The van der Waals surface area contributed by atoms with Crippen molar-refractivity contribution in [1.82, 2.24) is 5.32 Å². The number of hydrogen-bond donors (Lipinski definition) is 2. The molecule has 2 rings (SSSR count). The Kier molecular flexibility index (Phi) is 5.41. The predicted molar refractivity (Wildman–Crippen MR) is 84.8 cm³/mol. The van der Waals surface area contributed by atoms with E-state index in [0.29, 0.717) is 24.2 Å². The predicted octanol–water partition coefficient (Wildman–Crippen LogP) is 2.82. The molecule has 2 N–H and O–H groups in total. The first-order chi connectivity index (χ1) is 9.40. The van der Waals surface area contributed by atoms with Gasteiger partial charge in [0.25, 0.3) is 0 Å². The first-order valence-electron chi connectivity index (χ1n) is 7.95. The molecule has 2 saturated carbocycles. The molecule has 0 aromatic carbocycles. The highest BCUT2D eigenvalue weighted by Gasteiger charge is 2.47. The molecule has 1 amide bonds. The maximum Gasteiger partial charge on any atom is 0.220 e. The molecular weight excluding hydrogens is 270 g/mol. The number of carbonyl (C=O) groups is 1. The first kappa shape index (κ1) is 16.2. The van der Waals surface area contributed by atoms with Gasteiger partial charge in [-0.05, 0) is 43.3 Å². The van der Waals surface area contributed by atoms with E-state index in [0.717, 1.165) is 12.2 Å². The van der Waals surface area contributed by atoms with Crippen LogP contribution in [0.15, 0.2) is 0 Å². The number of amides is 1. The van der Waals surface area contributed by atoms with E-state index in [1.165, 1.54) is 19.3 Å². The van der Waals surface area contributed by atoms with E-state index in [1.54, 1.807) is 0 Å². The first-order valence-corrected chi connectivity index (χ1v) is 8.93. The molecule has 4 heteroatoms. The Hall–Kier alpha value is -0.220. The van der Waals surface area contributed by atoms with Gasteiger partial charge in [-0.15, -0.1) is 0 Å². The van der Waals surface area contributed by atoms with E-state index in [4.69, 9.17) is 0 Å². The smallest absolute Gasteiger partial charge is 0.220 e. The zero-order valence-electron chi connectivity index (χ0n) is 13.0. The fourth-order valence-corrected chi connectivity index (χ4v) is 4.67. The number of rotatable bonds is 6. The van der Waals surface area contributed by atoms with Gasteiger partial charge in [0.2, 0.25) is 5.91 Å². The Morgan fingerprint density at radius 1 is 1.30 bits per heavy atom. The van der Waals surface area contributed by atoms with Gasteiger partial charge in [0.05, 0.1) is 0 Å². The highest BCUT2D eigenvalue weighted by atomic mass is 32.2. The Morgan fingerprint density at radius 3 is 2.65 bits per heavy atom. The third kappa shape index (κ3) is 4.14. The molecule has 0 radical (unpaired) electrons. The van der Waals surface area contributed by atoms with Crippen LogP contribution in [0.3, 0.4) is 0 Å². The summed E-state index contributed by atoms with van der Waals surface area (Å²) in [6.07, 6.45) is 5.24. The van der Waals surface area contributed by atoms with Gasteiger partial charge in [-0.1, -0.05) is 20.8 Å². The number of aliphatic hydroxyl groups is 1. The van der Waals surface area contributed by atoms with Crippen molar-refractivity contribution in [1.29, 1.82) is 0 Å². The lowest BCUT2D eigenvalue weighted by atomic mass is 9.85. The lowest BCUT2D eigenvalue weighted by Crippen LogP contribution is -2.45. The minimum Gasteiger partial charge on any atom is -0.396 e. The second-order valence-corrected chi connectivity index (χ2v) is 9.26. The van der Waals surface area contributed by atoms with E-state index in [9.17, 15) is 9.90 Å². The fourth-order valence-electron chi connectivity index (χ4n) is 3.77. The molecule has 2 bridgehead atoms. The standard InChI is InChI=1S/C16H29NO2S/c1-16(2,3)20-8-4-5-14(19)17-15-12-7-6-11(9-12)13(15)10-18/h11-13,15,18H,4-10H2,1-3H3,(H,17,19). The van der Waals surface area contributed by atoms with Crippen LogP contribution >= 0.6 is 11.8 Å². The van der Waals surface area contributed by atoms with Gasteiger partial charge < -0.3 is 10.4 Å². The molecule has 3 nitrogen and oxygen atoms in total. The molecule has 0 saturated heterocycles. The summed E-state index contributed by atoms with van der Waals surface area (Å²) in [5.41, 5.74) is 0. The van der Waals surface area contributed by atoms with Crippen LogP contribution in [0.4, 0.5) is 0 Å². The van der Waals surface area contributed by atoms with Crippen molar-refractivity contribution in [3.63, 3.8) is 0 Å². The van der Waals surface area contributed by atoms with E-state index >= 15 is 0 Å². The number of carbonyl (C=O) groups excluding carboxylic acids is 1. The van der Waals surface area contributed by atoms with Gasteiger partial charge in [0, 0.05) is 29.7 Å². The minimum absolute atomic E-state index is 0.176. The third-order valence-electron chi connectivity index (χ3n) is 4.71. The number of thioether (sulfide) groups is 1. The van der Waals surface area contributed by atoms with E-state index in [2.05, 4.69) is 26.1 Å². The molecule has 20 heavy (non-hydrogen) atoms.